The summed E-state index contributed by atoms with van der Waals surface area (Å²) in [5.41, 5.74) is 1.43. The number of amides is 1. The molecule has 0 bridgehead atoms. The number of hydrogen-bond acceptors (Lipinski definition) is 3. The van der Waals surface area contributed by atoms with Gasteiger partial charge in [0, 0.05) is 18.5 Å². The fourth-order valence-electron chi connectivity index (χ4n) is 1.80. The molecule has 1 aliphatic heterocycles. The molecule has 0 aromatic heterocycles. The van der Waals surface area contributed by atoms with Crippen LogP contribution in [0, 0.1) is 0 Å². The Morgan fingerprint density at radius 2 is 2.11 bits per heavy atom. The van der Waals surface area contributed by atoms with Crippen molar-refractivity contribution in [2.75, 3.05) is 13.2 Å². The SMILES string of the molecule is O=C(O)CCCNC(=O)C1=Cc2ccccc2OC1. The van der Waals surface area contributed by atoms with Gasteiger partial charge < -0.3 is 15.2 Å². The van der Waals surface area contributed by atoms with Crippen LogP contribution in [0.5, 0.6) is 5.75 Å². The van der Waals surface area contributed by atoms with Crippen LogP contribution in [0.1, 0.15) is 18.4 Å². The van der Waals surface area contributed by atoms with Crippen molar-refractivity contribution in [2.45, 2.75) is 12.8 Å². The number of ether oxygens (including phenoxy) is 1. The molecule has 1 aromatic rings. The van der Waals surface area contributed by atoms with E-state index in [4.69, 9.17) is 9.84 Å². The summed E-state index contributed by atoms with van der Waals surface area (Å²) in [5, 5.41) is 11.2. The lowest BCUT2D eigenvalue weighted by molar-refractivity contribution is -0.137. The van der Waals surface area contributed by atoms with Gasteiger partial charge in [-0.2, -0.15) is 0 Å². The Kier molecular flexibility index (Phi) is 4.18. The zero-order valence-corrected chi connectivity index (χ0v) is 10.4. The number of carbonyl (C=O) groups excluding carboxylic acids is 1. The van der Waals surface area contributed by atoms with Crippen molar-refractivity contribution in [3.05, 3.63) is 35.4 Å². The van der Waals surface area contributed by atoms with Crippen LogP contribution in [-0.4, -0.2) is 30.1 Å². The lowest BCUT2D eigenvalue weighted by Gasteiger charge is -2.17. The fraction of sp³-hybridized carbons (Fsp3) is 0.286. The summed E-state index contributed by atoms with van der Waals surface area (Å²) in [4.78, 5) is 22.2. The smallest absolute Gasteiger partial charge is 0.303 e. The van der Waals surface area contributed by atoms with Gasteiger partial charge in [0.05, 0.1) is 5.57 Å². The van der Waals surface area contributed by atoms with Crippen molar-refractivity contribution < 1.29 is 19.4 Å². The number of para-hydroxylation sites is 1. The molecule has 100 valence electrons. The quantitative estimate of drug-likeness (QED) is 0.786. The zero-order chi connectivity index (χ0) is 13.7. The average molecular weight is 261 g/mol. The largest absolute Gasteiger partial charge is 0.488 e. The van der Waals surface area contributed by atoms with Crippen molar-refractivity contribution in [1.82, 2.24) is 5.32 Å². The van der Waals surface area contributed by atoms with E-state index >= 15 is 0 Å². The predicted molar refractivity (Wildman–Crippen MR) is 69.8 cm³/mol. The second-order valence-corrected chi connectivity index (χ2v) is 4.25. The zero-order valence-electron chi connectivity index (χ0n) is 10.4. The van der Waals surface area contributed by atoms with E-state index in [1.165, 1.54) is 0 Å². The fourth-order valence-corrected chi connectivity index (χ4v) is 1.80. The third kappa shape index (κ3) is 3.58. The Balaban J connectivity index is 1.90. The van der Waals surface area contributed by atoms with Crippen molar-refractivity contribution >= 4 is 18.0 Å². The van der Waals surface area contributed by atoms with Gasteiger partial charge in [0.2, 0.25) is 0 Å². The monoisotopic (exact) mass is 261 g/mol. The highest BCUT2D eigenvalue weighted by molar-refractivity contribution is 5.99. The van der Waals surface area contributed by atoms with E-state index in [2.05, 4.69) is 5.32 Å². The highest BCUT2D eigenvalue weighted by Crippen LogP contribution is 2.25. The van der Waals surface area contributed by atoms with Gasteiger partial charge in [0.25, 0.3) is 5.91 Å². The second-order valence-electron chi connectivity index (χ2n) is 4.25. The molecule has 19 heavy (non-hydrogen) atoms. The molecule has 0 aliphatic carbocycles. The minimum atomic E-state index is -0.858. The Labute approximate surface area is 110 Å². The number of carboxylic acid groups (broad SMARTS) is 1. The lowest BCUT2D eigenvalue weighted by atomic mass is 10.1. The van der Waals surface area contributed by atoms with E-state index in [1.54, 1.807) is 6.08 Å². The van der Waals surface area contributed by atoms with E-state index in [0.29, 0.717) is 18.5 Å². The van der Waals surface area contributed by atoms with Gasteiger partial charge in [-0.1, -0.05) is 18.2 Å². The Morgan fingerprint density at radius 3 is 2.89 bits per heavy atom. The van der Waals surface area contributed by atoms with E-state index < -0.39 is 5.97 Å². The van der Waals surface area contributed by atoms with Gasteiger partial charge in [-0.3, -0.25) is 9.59 Å². The number of nitrogens with one attached hydrogen (secondary N) is 1. The van der Waals surface area contributed by atoms with Crippen LogP contribution in [0.25, 0.3) is 6.08 Å². The number of carboxylic acids is 1. The van der Waals surface area contributed by atoms with Crippen molar-refractivity contribution in [2.24, 2.45) is 0 Å². The third-order valence-corrected chi connectivity index (χ3v) is 2.78. The summed E-state index contributed by atoms with van der Waals surface area (Å²) in [6.07, 6.45) is 2.27. The number of benzene rings is 1. The first-order valence-corrected chi connectivity index (χ1v) is 6.09. The molecule has 0 saturated heterocycles. The first-order valence-electron chi connectivity index (χ1n) is 6.09. The summed E-state index contributed by atoms with van der Waals surface area (Å²) in [5.74, 6) is -0.298. The van der Waals surface area contributed by atoms with Gasteiger partial charge in [0.15, 0.2) is 0 Å². The molecule has 0 saturated carbocycles. The molecule has 0 fully saturated rings. The molecule has 1 aliphatic rings. The Hall–Kier alpha value is -2.30. The van der Waals surface area contributed by atoms with Crippen LogP contribution < -0.4 is 10.1 Å². The van der Waals surface area contributed by atoms with Crippen molar-refractivity contribution in [1.29, 1.82) is 0 Å². The third-order valence-electron chi connectivity index (χ3n) is 2.78. The van der Waals surface area contributed by atoms with E-state index in [0.717, 1.165) is 11.3 Å². The maximum atomic E-state index is 11.8. The van der Waals surface area contributed by atoms with Gasteiger partial charge in [-0.25, -0.2) is 0 Å². The summed E-state index contributed by atoms with van der Waals surface area (Å²) < 4.78 is 5.48. The molecule has 0 radical (unpaired) electrons. The number of hydrogen-bond donors (Lipinski definition) is 2. The molecule has 1 amide bonds. The number of carbonyl (C=O) groups is 2. The maximum Gasteiger partial charge on any atom is 0.303 e. The molecular formula is C14H15NO4. The van der Waals surface area contributed by atoms with Crippen LogP contribution in [0.3, 0.4) is 0 Å². The summed E-state index contributed by atoms with van der Waals surface area (Å²) in [6, 6.07) is 7.50. The highest BCUT2D eigenvalue weighted by Gasteiger charge is 2.16. The van der Waals surface area contributed by atoms with E-state index in [-0.39, 0.29) is 18.9 Å². The predicted octanol–water partition coefficient (Wildman–Crippen LogP) is 1.44. The molecule has 2 rings (SSSR count). The molecular weight excluding hydrogens is 246 g/mol. The Bertz CT molecular complexity index is 522. The first-order chi connectivity index (χ1) is 9.16. The van der Waals surface area contributed by atoms with Crippen LogP contribution in [-0.2, 0) is 9.59 Å². The van der Waals surface area contributed by atoms with Crippen LogP contribution in [0.4, 0.5) is 0 Å². The second kappa shape index (κ2) is 6.04. The molecule has 0 unspecified atom stereocenters. The molecule has 1 heterocycles. The summed E-state index contributed by atoms with van der Waals surface area (Å²) in [6.45, 7) is 0.589. The lowest BCUT2D eigenvalue weighted by Crippen LogP contribution is -2.29. The van der Waals surface area contributed by atoms with Gasteiger partial charge in [-0.05, 0) is 18.6 Å². The normalized spacial score (nSPS) is 12.9. The molecule has 0 spiro atoms. The summed E-state index contributed by atoms with van der Waals surface area (Å²) >= 11 is 0. The number of aliphatic carboxylic acids is 1. The van der Waals surface area contributed by atoms with E-state index in [1.807, 2.05) is 24.3 Å². The van der Waals surface area contributed by atoms with Gasteiger partial charge in [-0.15, -0.1) is 0 Å². The van der Waals surface area contributed by atoms with E-state index in [9.17, 15) is 9.59 Å². The minimum absolute atomic E-state index is 0.0542. The maximum absolute atomic E-state index is 11.8. The molecule has 5 nitrogen and oxygen atoms in total. The van der Waals surface area contributed by atoms with Crippen molar-refractivity contribution in [3.8, 4) is 5.75 Å². The molecule has 1 aromatic carbocycles. The van der Waals surface area contributed by atoms with Crippen molar-refractivity contribution in [3.63, 3.8) is 0 Å². The number of rotatable bonds is 5. The summed E-state index contributed by atoms with van der Waals surface area (Å²) in [7, 11) is 0. The van der Waals surface area contributed by atoms with Crippen LogP contribution in [0.2, 0.25) is 0 Å². The van der Waals surface area contributed by atoms with Crippen LogP contribution in [0.15, 0.2) is 29.8 Å². The number of fused-ring (bicyclic) bond motifs is 1. The van der Waals surface area contributed by atoms with Gasteiger partial charge in [0.1, 0.15) is 12.4 Å². The van der Waals surface area contributed by atoms with Gasteiger partial charge >= 0.3 is 5.97 Å². The topological polar surface area (TPSA) is 75.6 Å². The Morgan fingerprint density at radius 1 is 1.32 bits per heavy atom. The minimum Gasteiger partial charge on any atom is -0.488 e. The molecule has 2 N–H and O–H groups in total. The average Bonchev–Trinajstić information content (AvgIpc) is 2.42. The standard InChI is InChI=1S/C14H15NO4/c16-13(17)6-3-7-15-14(18)11-8-10-4-1-2-5-12(10)19-9-11/h1-2,4-5,8H,3,6-7,9H2,(H,15,18)(H,16,17). The highest BCUT2D eigenvalue weighted by atomic mass is 16.5. The molecule has 0 atom stereocenters. The van der Waals surface area contributed by atoms with Crippen LogP contribution >= 0.6 is 0 Å². The molecule has 5 heteroatoms. The first kappa shape index (κ1) is 13.1.